The third kappa shape index (κ3) is 4.65. The minimum Gasteiger partial charge on any atom is -0.493 e. The Morgan fingerprint density at radius 3 is 2.47 bits per heavy atom. The van der Waals surface area contributed by atoms with Crippen molar-refractivity contribution in [1.29, 1.82) is 0 Å². The zero-order chi connectivity index (χ0) is 12.9. The van der Waals surface area contributed by atoms with Crippen LogP contribution in [0, 0.1) is 0 Å². The lowest BCUT2D eigenvalue weighted by Crippen LogP contribution is -2.32. The fraction of sp³-hybridized carbons (Fsp3) is 0.571. The molecule has 0 spiro atoms. The lowest BCUT2D eigenvalue weighted by molar-refractivity contribution is 0.310. The summed E-state index contributed by atoms with van der Waals surface area (Å²) in [4.78, 5) is 0. The van der Waals surface area contributed by atoms with Crippen molar-refractivity contribution in [1.82, 2.24) is 0 Å². The summed E-state index contributed by atoms with van der Waals surface area (Å²) in [5.74, 6) is 1.59. The van der Waals surface area contributed by atoms with Crippen LogP contribution in [0.4, 0.5) is 0 Å². The van der Waals surface area contributed by atoms with Crippen LogP contribution in [0.15, 0.2) is 18.2 Å². The fourth-order valence-corrected chi connectivity index (χ4v) is 1.61. The molecule has 0 heterocycles. The first kappa shape index (κ1) is 13.8. The summed E-state index contributed by atoms with van der Waals surface area (Å²) < 4.78 is 10.8. The van der Waals surface area contributed by atoms with E-state index in [9.17, 15) is 0 Å². The number of benzene rings is 1. The quantitative estimate of drug-likeness (QED) is 0.827. The molecule has 96 valence electrons. The average molecular weight is 237 g/mol. The van der Waals surface area contributed by atoms with Crippen LogP contribution in [-0.2, 0) is 6.42 Å². The maximum absolute atomic E-state index is 5.98. The number of rotatable bonds is 6. The van der Waals surface area contributed by atoms with Crippen molar-refractivity contribution in [3.05, 3.63) is 23.8 Å². The van der Waals surface area contributed by atoms with E-state index >= 15 is 0 Å². The van der Waals surface area contributed by atoms with Gasteiger partial charge in [-0.25, -0.2) is 0 Å². The summed E-state index contributed by atoms with van der Waals surface area (Å²) >= 11 is 0. The summed E-state index contributed by atoms with van der Waals surface area (Å²) in [6.45, 7) is 6.69. The Labute approximate surface area is 104 Å². The van der Waals surface area contributed by atoms with Gasteiger partial charge in [0.25, 0.3) is 0 Å². The van der Waals surface area contributed by atoms with Crippen LogP contribution in [0.1, 0.15) is 32.8 Å². The summed E-state index contributed by atoms with van der Waals surface area (Å²) in [6, 6.07) is 6.05. The van der Waals surface area contributed by atoms with Gasteiger partial charge in [-0.1, -0.05) is 6.07 Å². The standard InChI is InChI=1S/C14H23NO2/c1-5-17-12-7-6-11(10-13(12)16-4)8-9-14(2,3)15/h6-7,10H,5,8-9,15H2,1-4H3. The van der Waals surface area contributed by atoms with E-state index in [-0.39, 0.29) is 5.54 Å². The van der Waals surface area contributed by atoms with Crippen LogP contribution < -0.4 is 15.2 Å². The molecule has 17 heavy (non-hydrogen) atoms. The molecule has 0 aliphatic rings. The van der Waals surface area contributed by atoms with Crippen LogP contribution in [-0.4, -0.2) is 19.3 Å². The van der Waals surface area contributed by atoms with Crippen LogP contribution in [0.25, 0.3) is 0 Å². The Hall–Kier alpha value is -1.22. The molecular formula is C14H23NO2. The van der Waals surface area contributed by atoms with E-state index in [0.717, 1.165) is 24.3 Å². The number of hydrogen-bond acceptors (Lipinski definition) is 3. The van der Waals surface area contributed by atoms with E-state index in [4.69, 9.17) is 15.2 Å². The normalized spacial score (nSPS) is 11.4. The van der Waals surface area contributed by atoms with Crippen LogP contribution in [0.3, 0.4) is 0 Å². The molecule has 3 heteroatoms. The molecule has 0 saturated carbocycles. The molecule has 3 nitrogen and oxygen atoms in total. The lowest BCUT2D eigenvalue weighted by atomic mass is 9.96. The lowest BCUT2D eigenvalue weighted by Gasteiger charge is -2.18. The summed E-state index contributed by atoms with van der Waals surface area (Å²) in [5, 5.41) is 0. The monoisotopic (exact) mass is 237 g/mol. The Kier molecular flexibility index (Phi) is 4.82. The molecule has 0 aliphatic carbocycles. The Morgan fingerprint density at radius 2 is 1.94 bits per heavy atom. The molecule has 0 saturated heterocycles. The van der Waals surface area contributed by atoms with E-state index in [1.54, 1.807) is 7.11 Å². The first-order valence-electron chi connectivity index (χ1n) is 6.05. The third-order valence-corrected chi connectivity index (χ3v) is 2.59. The maximum Gasteiger partial charge on any atom is 0.161 e. The number of hydrogen-bond donors (Lipinski definition) is 1. The molecule has 1 rings (SSSR count). The van der Waals surface area contributed by atoms with Gasteiger partial charge in [-0.3, -0.25) is 0 Å². The highest BCUT2D eigenvalue weighted by Crippen LogP contribution is 2.28. The first-order valence-corrected chi connectivity index (χ1v) is 6.05. The summed E-state index contributed by atoms with van der Waals surface area (Å²) in [6.07, 6.45) is 1.90. The predicted molar refractivity (Wildman–Crippen MR) is 70.8 cm³/mol. The number of methoxy groups -OCH3 is 1. The fourth-order valence-electron chi connectivity index (χ4n) is 1.61. The highest BCUT2D eigenvalue weighted by Gasteiger charge is 2.11. The van der Waals surface area contributed by atoms with Gasteiger partial charge in [0.1, 0.15) is 0 Å². The van der Waals surface area contributed by atoms with Crippen LogP contribution >= 0.6 is 0 Å². The molecule has 0 fully saturated rings. The Balaban J connectivity index is 2.75. The smallest absolute Gasteiger partial charge is 0.161 e. The van der Waals surface area contributed by atoms with E-state index in [2.05, 4.69) is 6.07 Å². The summed E-state index contributed by atoms with van der Waals surface area (Å²) in [5.41, 5.74) is 7.07. The van der Waals surface area contributed by atoms with Crippen LogP contribution in [0.2, 0.25) is 0 Å². The largest absolute Gasteiger partial charge is 0.493 e. The van der Waals surface area contributed by atoms with Gasteiger partial charge in [0, 0.05) is 5.54 Å². The van der Waals surface area contributed by atoms with Gasteiger partial charge in [0.2, 0.25) is 0 Å². The second-order valence-electron chi connectivity index (χ2n) is 4.91. The zero-order valence-corrected chi connectivity index (χ0v) is 11.2. The van der Waals surface area contributed by atoms with Crippen molar-refractivity contribution >= 4 is 0 Å². The van der Waals surface area contributed by atoms with Gasteiger partial charge >= 0.3 is 0 Å². The van der Waals surface area contributed by atoms with Crippen molar-refractivity contribution in [2.75, 3.05) is 13.7 Å². The molecule has 0 radical (unpaired) electrons. The van der Waals surface area contributed by atoms with Gasteiger partial charge in [0.05, 0.1) is 13.7 Å². The number of aryl methyl sites for hydroxylation is 1. The molecule has 0 bridgehead atoms. The molecule has 0 aromatic heterocycles. The van der Waals surface area contributed by atoms with E-state index in [0.29, 0.717) is 6.61 Å². The molecule has 2 N–H and O–H groups in total. The first-order chi connectivity index (χ1) is 7.96. The van der Waals surface area contributed by atoms with Crippen LogP contribution in [0.5, 0.6) is 11.5 Å². The van der Waals surface area contributed by atoms with Crippen molar-refractivity contribution in [2.45, 2.75) is 39.2 Å². The highest BCUT2D eigenvalue weighted by molar-refractivity contribution is 5.43. The molecule has 0 amide bonds. The topological polar surface area (TPSA) is 44.5 Å². The van der Waals surface area contributed by atoms with Gasteiger partial charge in [-0.15, -0.1) is 0 Å². The predicted octanol–water partition coefficient (Wildman–Crippen LogP) is 2.76. The van der Waals surface area contributed by atoms with Crippen molar-refractivity contribution in [3.8, 4) is 11.5 Å². The average Bonchev–Trinajstić information content (AvgIpc) is 2.27. The molecule has 0 aliphatic heterocycles. The number of ether oxygens (including phenoxy) is 2. The molecule has 1 aromatic carbocycles. The highest BCUT2D eigenvalue weighted by atomic mass is 16.5. The number of nitrogens with two attached hydrogens (primary N) is 1. The maximum atomic E-state index is 5.98. The van der Waals surface area contributed by atoms with Gasteiger partial charge in [-0.05, 0) is 51.3 Å². The van der Waals surface area contributed by atoms with Crippen molar-refractivity contribution in [2.24, 2.45) is 5.73 Å². The minimum atomic E-state index is -0.133. The minimum absolute atomic E-state index is 0.133. The van der Waals surface area contributed by atoms with Crippen molar-refractivity contribution in [3.63, 3.8) is 0 Å². The second-order valence-corrected chi connectivity index (χ2v) is 4.91. The summed E-state index contributed by atoms with van der Waals surface area (Å²) in [7, 11) is 1.66. The van der Waals surface area contributed by atoms with E-state index in [1.165, 1.54) is 5.56 Å². The Morgan fingerprint density at radius 1 is 1.24 bits per heavy atom. The van der Waals surface area contributed by atoms with Crippen molar-refractivity contribution < 1.29 is 9.47 Å². The second kappa shape index (κ2) is 5.92. The molecule has 0 unspecified atom stereocenters. The third-order valence-electron chi connectivity index (χ3n) is 2.59. The van der Waals surface area contributed by atoms with Gasteiger partial charge in [-0.2, -0.15) is 0 Å². The van der Waals surface area contributed by atoms with E-state index in [1.807, 2.05) is 32.9 Å². The molecule has 0 atom stereocenters. The SMILES string of the molecule is CCOc1ccc(CCC(C)(C)N)cc1OC. The Bertz CT molecular complexity index is 356. The van der Waals surface area contributed by atoms with Gasteiger partial charge < -0.3 is 15.2 Å². The van der Waals surface area contributed by atoms with E-state index < -0.39 is 0 Å². The molecular weight excluding hydrogens is 214 g/mol. The molecule has 1 aromatic rings. The van der Waals surface area contributed by atoms with Gasteiger partial charge in [0.15, 0.2) is 11.5 Å². The zero-order valence-electron chi connectivity index (χ0n) is 11.2.